The van der Waals surface area contributed by atoms with E-state index in [0.717, 1.165) is 4.70 Å². The van der Waals surface area contributed by atoms with E-state index in [1.54, 1.807) is 47.4 Å². The van der Waals surface area contributed by atoms with Crippen LogP contribution in [0, 0.1) is 5.82 Å². The van der Waals surface area contributed by atoms with Crippen molar-refractivity contribution in [1.82, 2.24) is 4.90 Å². The maximum atomic E-state index is 13.8. The lowest BCUT2D eigenvalue weighted by atomic mass is 10.1. The average Bonchev–Trinajstić information content (AvgIpc) is 3.09. The Morgan fingerprint density at radius 1 is 1.08 bits per heavy atom. The number of thiophene rings is 1. The molecule has 26 heavy (non-hydrogen) atoms. The van der Waals surface area contributed by atoms with Crippen LogP contribution in [0.3, 0.4) is 0 Å². The summed E-state index contributed by atoms with van der Waals surface area (Å²) in [4.78, 5) is 26.9. The zero-order valence-corrected chi connectivity index (χ0v) is 15.4. The van der Waals surface area contributed by atoms with Crippen LogP contribution in [0.15, 0.2) is 48.5 Å². The molecule has 0 aliphatic carbocycles. The van der Waals surface area contributed by atoms with Crippen molar-refractivity contribution in [2.24, 2.45) is 0 Å². The van der Waals surface area contributed by atoms with Crippen LogP contribution in [0.5, 0.6) is 0 Å². The van der Waals surface area contributed by atoms with E-state index in [0.29, 0.717) is 34.6 Å². The molecule has 0 fully saturated rings. The normalized spacial score (nSPS) is 10.7. The Morgan fingerprint density at radius 3 is 2.38 bits per heavy atom. The number of fused-ring (bicyclic) bond motifs is 1. The van der Waals surface area contributed by atoms with E-state index in [1.807, 2.05) is 13.8 Å². The minimum atomic E-state index is -0.336. The number of hydrogen-bond donors (Lipinski definition) is 1. The quantitative estimate of drug-likeness (QED) is 0.703. The van der Waals surface area contributed by atoms with Crippen LogP contribution in [-0.2, 0) is 0 Å². The predicted molar refractivity (Wildman–Crippen MR) is 103 cm³/mol. The lowest BCUT2D eigenvalue weighted by Crippen LogP contribution is -2.30. The Labute approximate surface area is 155 Å². The summed E-state index contributed by atoms with van der Waals surface area (Å²) in [6.45, 7) is 5.17. The molecule has 2 aromatic carbocycles. The van der Waals surface area contributed by atoms with Crippen molar-refractivity contribution < 1.29 is 14.0 Å². The van der Waals surface area contributed by atoms with Gasteiger partial charge in [-0.2, -0.15) is 0 Å². The molecule has 0 aliphatic heterocycles. The molecule has 1 N–H and O–H groups in total. The lowest BCUT2D eigenvalue weighted by Gasteiger charge is -2.18. The highest BCUT2D eigenvalue weighted by atomic mass is 32.1. The summed E-state index contributed by atoms with van der Waals surface area (Å²) in [6.07, 6.45) is 0. The molecule has 0 saturated carbocycles. The largest absolute Gasteiger partial charge is 0.339 e. The lowest BCUT2D eigenvalue weighted by molar-refractivity contribution is 0.0773. The Balaban J connectivity index is 1.75. The molecule has 0 aliphatic rings. The van der Waals surface area contributed by atoms with Crippen LogP contribution in [0.2, 0.25) is 0 Å². The molecule has 6 heteroatoms. The molecule has 0 bridgehead atoms. The molecule has 0 radical (unpaired) electrons. The van der Waals surface area contributed by atoms with Gasteiger partial charge in [0.15, 0.2) is 0 Å². The minimum absolute atomic E-state index is 0.0344. The van der Waals surface area contributed by atoms with Crippen molar-refractivity contribution in [2.75, 3.05) is 18.4 Å². The highest BCUT2D eigenvalue weighted by molar-refractivity contribution is 7.20. The second-order valence-electron chi connectivity index (χ2n) is 5.77. The van der Waals surface area contributed by atoms with Crippen molar-refractivity contribution in [3.63, 3.8) is 0 Å². The molecule has 2 amide bonds. The second-order valence-corrected chi connectivity index (χ2v) is 6.85. The zero-order chi connectivity index (χ0) is 18.7. The van der Waals surface area contributed by atoms with Crippen molar-refractivity contribution in [2.45, 2.75) is 13.8 Å². The SMILES string of the molecule is CCN(CC)C(=O)c1ccc(NC(=O)c2cc3c(F)cccc3s2)cc1. The van der Waals surface area contributed by atoms with E-state index in [4.69, 9.17) is 0 Å². The van der Waals surface area contributed by atoms with E-state index in [9.17, 15) is 14.0 Å². The molecule has 1 aromatic heterocycles. The standard InChI is InChI=1S/C20H19FN2O2S/c1-3-23(4-2)20(25)13-8-10-14(11-9-13)22-19(24)18-12-15-16(21)6-5-7-17(15)26-18/h5-12H,3-4H2,1-2H3,(H,22,24). The van der Waals surface area contributed by atoms with Crippen molar-refractivity contribution >= 4 is 38.9 Å². The average molecular weight is 370 g/mol. The molecule has 0 saturated heterocycles. The van der Waals surface area contributed by atoms with E-state index >= 15 is 0 Å². The number of benzene rings is 2. The molecule has 1 heterocycles. The molecular formula is C20H19FN2O2S. The van der Waals surface area contributed by atoms with E-state index in [-0.39, 0.29) is 17.6 Å². The second kappa shape index (κ2) is 7.66. The van der Waals surface area contributed by atoms with Gasteiger partial charge in [0.1, 0.15) is 5.82 Å². The molecule has 3 aromatic rings. The molecule has 134 valence electrons. The Hall–Kier alpha value is -2.73. The van der Waals surface area contributed by atoms with E-state index in [1.165, 1.54) is 17.4 Å². The number of carbonyl (C=O) groups excluding carboxylic acids is 2. The summed E-state index contributed by atoms with van der Waals surface area (Å²) in [5.41, 5.74) is 1.17. The molecular weight excluding hydrogens is 351 g/mol. The number of anilines is 1. The van der Waals surface area contributed by atoms with Gasteiger partial charge in [0.25, 0.3) is 11.8 Å². The van der Waals surface area contributed by atoms with Crippen molar-refractivity contribution in [1.29, 1.82) is 0 Å². The maximum Gasteiger partial charge on any atom is 0.265 e. The smallest absolute Gasteiger partial charge is 0.265 e. The van der Waals surface area contributed by atoms with Crippen LogP contribution in [0.25, 0.3) is 10.1 Å². The van der Waals surface area contributed by atoms with E-state index < -0.39 is 0 Å². The first-order valence-corrected chi connectivity index (χ1v) is 9.23. The van der Waals surface area contributed by atoms with Gasteiger partial charge >= 0.3 is 0 Å². The summed E-state index contributed by atoms with van der Waals surface area (Å²) in [5, 5.41) is 3.23. The van der Waals surface area contributed by atoms with E-state index in [2.05, 4.69) is 5.32 Å². The van der Waals surface area contributed by atoms with Crippen LogP contribution in [-0.4, -0.2) is 29.8 Å². The first-order valence-electron chi connectivity index (χ1n) is 8.42. The van der Waals surface area contributed by atoms with Gasteiger partial charge in [-0.15, -0.1) is 11.3 Å². The van der Waals surface area contributed by atoms with Gasteiger partial charge in [-0.1, -0.05) is 6.07 Å². The van der Waals surface area contributed by atoms with Crippen LogP contribution in [0.4, 0.5) is 10.1 Å². The third-order valence-corrected chi connectivity index (χ3v) is 5.27. The summed E-state index contributed by atoms with van der Waals surface area (Å²) in [5.74, 6) is -0.668. The molecule has 0 spiro atoms. The Bertz CT molecular complexity index is 946. The number of amides is 2. The first-order chi connectivity index (χ1) is 12.5. The fourth-order valence-corrected chi connectivity index (χ4v) is 3.69. The van der Waals surface area contributed by atoms with Crippen molar-refractivity contribution in [3.8, 4) is 0 Å². The fraction of sp³-hybridized carbons (Fsp3) is 0.200. The van der Waals surface area contributed by atoms with Crippen LogP contribution in [0.1, 0.15) is 33.9 Å². The van der Waals surface area contributed by atoms with Crippen LogP contribution < -0.4 is 5.32 Å². The highest BCUT2D eigenvalue weighted by Crippen LogP contribution is 2.28. The summed E-state index contributed by atoms with van der Waals surface area (Å²) >= 11 is 1.24. The Morgan fingerprint density at radius 2 is 1.77 bits per heavy atom. The van der Waals surface area contributed by atoms with Crippen LogP contribution >= 0.6 is 11.3 Å². The number of halogens is 1. The van der Waals surface area contributed by atoms with Gasteiger partial charge in [-0.3, -0.25) is 9.59 Å². The maximum absolute atomic E-state index is 13.8. The van der Waals surface area contributed by atoms with Gasteiger partial charge < -0.3 is 10.2 Å². The highest BCUT2D eigenvalue weighted by Gasteiger charge is 2.14. The van der Waals surface area contributed by atoms with Gasteiger partial charge in [0.05, 0.1) is 4.88 Å². The van der Waals surface area contributed by atoms with Gasteiger partial charge in [0.2, 0.25) is 0 Å². The first kappa shape index (κ1) is 18.1. The summed E-state index contributed by atoms with van der Waals surface area (Å²) in [7, 11) is 0. The van der Waals surface area contributed by atoms with Crippen molar-refractivity contribution in [3.05, 3.63) is 64.8 Å². The third kappa shape index (κ3) is 3.60. The predicted octanol–water partition coefficient (Wildman–Crippen LogP) is 4.77. The fourth-order valence-electron chi connectivity index (χ4n) is 2.72. The Kier molecular flexibility index (Phi) is 5.32. The number of carbonyl (C=O) groups is 2. The van der Waals surface area contributed by atoms with Gasteiger partial charge in [-0.25, -0.2) is 4.39 Å². The zero-order valence-electron chi connectivity index (χ0n) is 14.6. The molecule has 0 atom stereocenters. The third-order valence-electron chi connectivity index (χ3n) is 4.17. The summed E-state index contributed by atoms with van der Waals surface area (Å²) in [6, 6.07) is 13.1. The molecule has 3 rings (SSSR count). The number of hydrogen-bond acceptors (Lipinski definition) is 3. The number of nitrogens with zero attached hydrogens (tertiary/aromatic N) is 1. The topological polar surface area (TPSA) is 49.4 Å². The monoisotopic (exact) mass is 370 g/mol. The molecule has 0 unspecified atom stereocenters. The molecule has 4 nitrogen and oxygen atoms in total. The summed E-state index contributed by atoms with van der Waals surface area (Å²) < 4.78 is 14.5. The van der Waals surface area contributed by atoms with Gasteiger partial charge in [-0.05, 0) is 56.3 Å². The minimum Gasteiger partial charge on any atom is -0.339 e. The number of nitrogens with one attached hydrogen (secondary N) is 1. The van der Waals surface area contributed by atoms with Gasteiger partial charge in [0, 0.05) is 34.4 Å². The number of rotatable bonds is 5.